The van der Waals surface area contributed by atoms with Gasteiger partial charge in [0, 0.05) is 0 Å². The lowest BCUT2D eigenvalue weighted by Gasteiger charge is -2.04. The quantitative estimate of drug-likeness (QED) is 0.632. The summed E-state index contributed by atoms with van der Waals surface area (Å²) >= 11 is 6.35. The van der Waals surface area contributed by atoms with Gasteiger partial charge >= 0.3 is 0 Å². The van der Waals surface area contributed by atoms with Gasteiger partial charge in [-0.3, -0.25) is 0 Å². The van der Waals surface area contributed by atoms with E-state index >= 15 is 0 Å². The second-order valence-corrected chi connectivity index (χ2v) is 4.23. The second-order valence-electron chi connectivity index (χ2n) is 3.79. The van der Waals surface area contributed by atoms with Crippen molar-refractivity contribution in [3.63, 3.8) is 0 Å². The molecule has 0 aliphatic rings. The molecule has 17 heavy (non-hydrogen) atoms. The molecule has 2 nitrogen and oxygen atoms in total. The van der Waals surface area contributed by atoms with Crippen molar-refractivity contribution in [1.82, 2.24) is 4.98 Å². The summed E-state index contributed by atoms with van der Waals surface area (Å²) in [4.78, 5) is 4.39. The van der Waals surface area contributed by atoms with Crippen LogP contribution in [0, 0.1) is 0 Å². The van der Waals surface area contributed by atoms with Crippen LogP contribution in [0.4, 0.5) is 0 Å². The minimum Gasteiger partial charge on any atom is -0.439 e. The Morgan fingerprint density at radius 2 is 1.65 bits per heavy atom. The molecule has 0 saturated carbocycles. The maximum atomic E-state index is 6.35. The lowest BCUT2D eigenvalue weighted by Crippen LogP contribution is -1.92. The van der Waals surface area contributed by atoms with Gasteiger partial charge in [0.15, 0.2) is 5.58 Å². The average molecular weight is 244 g/mol. The number of benzene rings is 2. The van der Waals surface area contributed by atoms with E-state index in [0.717, 1.165) is 16.7 Å². The van der Waals surface area contributed by atoms with Gasteiger partial charge in [-0.15, -0.1) is 11.6 Å². The molecule has 1 aromatic heterocycles. The van der Waals surface area contributed by atoms with Crippen molar-refractivity contribution in [3.05, 3.63) is 66.1 Å². The number of oxazole rings is 1. The molecular weight excluding hydrogens is 234 g/mol. The van der Waals surface area contributed by atoms with Crippen LogP contribution in [0.3, 0.4) is 0 Å². The topological polar surface area (TPSA) is 26.0 Å². The number of hydrogen-bond donors (Lipinski definition) is 0. The van der Waals surface area contributed by atoms with Crippen molar-refractivity contribution < 1.29 is 4.42 Å². The highest BCUT2D eigenvalue weighted by atomic mass is 35.5. The number of fused-ring (bicyclic) bond motifs is 1. The fourth-order valence-corrected chi connectivity index (χ4v) is 2.00. The third kappa shape index (κ3) is 1.92. The monoisotopic (exact) mass is 243 g/mol. The molecule has 0 radical (unpaired) electrons. The van der Waals surface area contributed by atoms with E-state index in [4.69, 9.17) is 16.0 Å². The summed E-state index contributed by atoms with van der Waals surface area (Å²) in [6.45, 7) is 0. The molecule has 0 aliphatic heterocycles. The third-order valence-corrected chi connectivity index (χ3v) is 3.06. The number of nitrogens with zero attached hydrogens (tertiary/aromatic N) is 1. The zero-order valence-electron chi connectivity index (χ0n) is 9.01. The Balaban J connectivity index is 2.04. The molecule has 1 atom stereocenters. The van der Waals surface area contributed by atoms with Crippen LogP contribution in [0.15, 0.2) is 59.0 Å². The first kappa shape index (κ1) is 10.4. The number of hydrogen-bond acceptors (Lipinski definition) is 2. The van der Waals surface area contributed by atoms with Gasteiger partial charge in [-0.1, -0.05) is 42.5 Å². The van der Waals surface area contributed by atoms with E-state index in [1.807, 2.05) is 54.6 Å². The van der Waals surface area contributed by atoms with E-state index in [-0.39, 0.29) is 5.38 Å². The first-order valence-electron chi connectivity index (χ1n) is 5.39. The van der Waals surface area contributed by atoms with E-state index in [0.29, 0.717) is 5.89 Å². The predicted molar refractivity (Wildman–Crippen MR) is 68.1 cm³/mol. The summed E-state index contributed by atoms with van der Waals surface area (Å²) in [5, 5.41) is -0.344. The molecule has 1 heterocycles. The Hall–Kier alpha value is -1.80. The molecular formula is C14H10ClNO. The highest BCUT2D eigenvalue weighted by Gasteiger charge is 2.16. The normalized spacial score (nSPS) is 12.8. The van der Waals surface area contributed by atoms with Gasteiger partial charge in [0.1, 0.15) is 10.9 Å². The number of alkyl halides is 1. The van der Waals surface area contributed by atoms with Gasteiger partial charge in [0.25, 0.3) is 0 Å². The number of aromatic nitrogens is 1. The highest BCUT2D eigenvalue weighted by Crippen LogP contribution is 2.30. The van der Waals surface area contributed by atoms with E-state index in [1.165, 1.54) is 0 Å². The minimum atomic E-state index is -0.344. The fourth-order valence-electron chi connectivity index (χ4n) is 1.76. The summed E-state index contributed by atoms with van der Waals surface area (Å²) in [6, 6.07) is 17.4. The van der Waals surface area contributed by atoms with Crippen molar-refractivity contribution in [2.45, 2.75) is 5.38 Å². The first-order valence-corrected chi connectivity index (χ1v) is 5.83. The molecule has 2 aromatic carbocycles. The van der Waals surface area contributed by atoms with Crippen molar-refractivity contribution in [2.75, 3.05) is 0 Å². The molecule has 0 aliphatic carbocycles. The van der Waals surface area contributed by atoms with Crippen molar-refractivity contribution in [2.24, 2.45) is 0 Å². The lowest BCUT2D eigenvalue weighted by atomic mass is 10.1. The summed E-state index contributed by atoms with van der Waals surface area (Å²) in [6.07, 6.45) is 0. The summed E-state index contributed by atoms with van der Waals surface area (Å²) in [5.41, 5.74) is 2.59. The van der Waals surface area contributed by atoms with Crippen molar-refractivity contribution >= 4 is 22.7 Å². The van der Waals surface area contributed by atoms with Crippen molar-refractivity contribution in [3.8, 4) is 0 Å². The standard InChI is InChI=1S/C14H10ClNO/c15-13(10-6-2-1-3-7-10)14-16-11-8-4-5-9-12(11)17-14/h1-9,13H. The van der Waals surface area contributed by atoms with Crippen LogP contribution in [-0.4, -0.2) is 4.98 Å². The van der Waals surface area contributed by atoms with Crippen LogP contribution >= 0.6 is 11.6 Å². The van der Waals surface area contributed by atoms with E-state index in [2.05, 4.69) is 4.98 Å². The Bertz CT molecular complexity index is 600. The summed E-state index contributed by atoms with van der Waals surface area (Å²) in [5.74, 6) is 0.541. The van der Waals surface area contributed by atoms with Crippen LogP contribution in [0.2, 0.25) is 0 Å². The number of rotatable bonds is 2. The Kier molecular flexibility index (Phi) is 2.57. The Labute approximate surface area is 104 Å². The minimum absolute atomic E-state index is 0.344. The van der Waals surface area contributed by atoms with Crippen LogP contribution in [0.5, 0.6) is 0 Å². The average Bonchev–Trinajstić information content (AvgIpc) is 2.82. The molecule has 0 N–H and O–H groups in total. The maximum Gasteiger partial charge on any atom is 0.218 e. The molecule has 1 unspecified atom stereocenters. The molecule has 0 saturated heterocycles. The maximum absolute atomic E-state index is 6.35. The number of halogens is 1. The second kappa shape index (κ2) is 4.22. The van der Waals surface area contributed by atoms with Crippen LogP contribution in [0.25, 0.3) is 11.1 Å². The van der Waals surface area contributed by atoms with Crippen LogP contribution in [-0.2, 0) is 0 Å². The van der Waals surface area contributed by atoms with E-state index in [1.54, 1.807) is 0 Å². The largest absolute Gasteiger partial charge is 0.439 e. The third-order valence-electron chi connectivity index (χ3n) is 2.62. The van der Waals surface area contributed by atoms with Gasteiger partial charge in [-0.25, -0.2) is 4.98 Å². The predicted octanol–water partition coefficient (Wildman–Crippen LogP) is 4.16. The van der Waals surface area contributed by atoms with Crippen molar-refractivity contribution in [1.29, 1.82) is 0 Å². The SMILES string of the molecule is ClC(c1ccccc1)c1nc2ccccc2o1. The molecule has 3 rings (SSSR count). The molecule has 3 heteroatoms. The highest BCUT2D eigenvalue weighted by molar-refractivity contribution is 6.22. The summed E-state index contributed by atoms with van der Waals surface area (Å²) in [7, 11) is 0. The lowest BCUT2D eigenvalue weighted by molar-refractivity contribution is 0.538. The summed E-state index contributed by atoms with van der Waals surface area (Å²) < 4.78 is 5.64. The van der Waals surface area contributed by atoms with Gasteiger partial charge in [0.05, 0.1) is 0 Å². The van der Waals surface area contributed by atoms with Crippen LogP contribution in [0.1, 0.15) is 16.8 Å². The van der Waals surface area contributed by atoms with Crippen LogP contribution < -0.4 is 0 Å². The molecule has 0 bridgehead atoms. The molecule has 0 amide bonds. The Morgan fingerprint density at radius 1 is 0.941 bits per heavy atom. The van der Waals surface area contributed by atoms with Gasteiger partial charge in [0.2, 0.25) is 5.89 Å². The molecule has 0 spiro atoms. The molecule has 84 valence electrons. The Morgan fingerprint density at radius 3 is 2.41 bits per heavy atom. The zero-order valence-corrected chi connectivity index (χ0v) is 9.76. The van der Waals surface area contributed by atoms with E-state index in [9.17, 15) is 0 Å². The van der Waals surface area contributed by atoms with Gasteiger partial charge < -0.3 is 4.42 Å². The first-order chi connectivity index (χ1) is 8.34. The molecule has 3 aromatic rings. The van der Waals surface area contributed by atoms with Gasteiger partial charge in [-0.2, -0.15) is 0 Å². The smallest absolute Gasteiger partial charge is 0.218 e. The fraction of sp³-hybridized carbons (Fsp3) is 0.0714. The van der Waals surface area contributed by atoms with Gasteiger partial charge in [-0.05, 0) is 17.7 Å². The number of para-hydroxylation sites is 2. The van der Waals surface area contributed by atoms with E-state index < -0.39 is 0 Å². The zero-order chi connectivity index (χ0) is 11.7. The molecule has 0 fully saturated rings.